The molecule has 4 aromatic rings. The van der Waals surface area contributed by atoms with Crippen LogP contribution in [0.4, 0.5) is 17.5 Å². The van der Waals surface area contributed by atoms with Gasteiger partial charge in [-0.2, -0.15) is 14.6 Å². The minimum absolute atomic E-state index is 0.322. The lowest BCUT2D eigenvalue weighted by molar-refractivity contribution is 0.324. The Kier molecular flexibility index (Phi) is 4.73. The number of benzene rings is 2. The van der Waals surface area contributed by atoms with E-state index >= 15 is 0 Å². The van der Waals surface area contributed by atoms with E-state index in [0.29, 0.717) is 40.7 Å². The molecule has 148 valence electrons. The van der Waals surface area contributed by atoms with Gasteiger partial charge in [0.2, 0.25) is 11.7 Å². The zero-order valence-electron chi connectivity index (χ0n) is 16.1. The minimum Gasteiger partial charge on any atom is -0.493 e. The normalized spacial score (nSPS) is 10.7. The Morgan fingerprint density at radius 2 is 1.69 bits per heavy atom. The zero-order chi connectivity index (χ0) is 20.4. The summed E-state index contributed by atoms with van der Waals surface area (Å²) < 4.78 is 17.7. The molecule has 0 aliphatic rings. The summed E-state index contributed by atoms with van der Waals surface area (Å²) in [4.78, 5) is 12.9. The van der Waals surface area contributed by atoms with Gasteiger partial charge in [-0.05, 0) is 12.1 Å². The first-order chi connectivity index (χ1) is 14.1. The molecule has 0 radical (unpaired) electrons. The van der Waals surface area contributed by atoms with Crippen molar-refractivity contribution >= 4 is 28.4 Å². The number of hydrogen-bond acceptors (Lipinski definition) is 9. The summed E-state index contributed by atoms with van der Waals surface area (Å²) in [7, 11) is 4.65. The van der Waals surface area contributed by atoms with Crippen molar-refractivity contribution in [1.82, 2.24) is 24.7 Å². The van der Waals surface area contributed by atoms with E-state index in [1.165, 1.54) is 6.33 Å². The molecular weight excluding hydrogens is 374 g/mol. The smallest absolute Gasteiger partial charge is 0.255 e. The van der Waals surface area contributed by atoms with Crippen LogP contribution in [0.2, 0.25) is 0 Å². The number of nitrogens with zero attached hydrogens (tertiary/aromatic N) is 5. The molecule has 0 spiro atoms. The van der Waals surface area contributed by atoms with Crippen LogP contribution in [0.5, 0.6) is 17.2 Å². The fourth-order valence-electron chi connectivity index (χ4n) is 2.98. The SMILES string of the molecule is COc1cc(Nc2ncnc(-n3nc(N)c4ccccc43)n2)cc(OC)c1OC. The van der Waals surface area contributed by atoms with Gasteiger partial charge in [0, 0.05) is 23.2 Å². The number of methoxy groups -OCH3 is 3. The molecule has 29 heavy (non-hydrogen) atoms. The third kappa shape index (κ3) is 3.31. The zero-order valence-corrected chi connectivity index (χ0v) is 16.1. The van der Waals surface area contributed by atoms with Crippen molar-refractivity contribution in [2.24, 2.45) is 0 Å². The van der Waals surface area contributed by atoms with Crippen LogP contribution >= 0.6 is 0 Å². The Balaban J connectivity index is 1.72. The number of para-hydroxylation sites is 1. The molecule has 0 bridgehead atoms. The Labute approximate surface area is 166 Å². The lowest BCUT2D eigenvalue weighted by Crippen LogP contribution is -2.07. The molecule has 2 aromatic heterocycles. The molecule has 0 amide bonds. The Hall–Kier alpha value is -4.08. The summed E-state index contributed by atoms with van der Waals surface area (Å²) in [6.45, 7) is 0. The second-order valence-electron chi connectivity index (χ2n) is 5.96. The average molecular weight is 393 g/mol. The topological polar surface area (TPSA) is 122 Å². The van der Waals surface area contributed by atoms with Gasteiger partial charge >= 0.3 is 0 Å². The fourth-order valence-corrected chi connectivity index (χ4v) is 2.98. The maximum atomic E-state index is 6.01. The number of anilines is 3. The van der Waals surface area contributed by atoms with Gasteiger partial charge < -0.3 is 25.3 Å². The number of hydrogen-bond donors (Lipinski definition) is 2. The van der Waals surface area contributed by atoms with Crippen LogP contribution in [0, 0.1) is 0 Å². The lowest BCUT2D eigenvalue weighted by Gasteiger charge is -2.14. The standard InChI is InChI=1S/C19H19N7O3/c1-27-14-8-11(9-15(28-2)16(14)29-3)23-18-21-10-22-19(24-18)26-13-7-5-4-6-12(13)17(20)25-26/h4-10H,1-3H3,(H2,20,25)(H,21,22,23,24). The summed E-state index contributed by atoms with van der Waals surface area (Å²) in [5.74, 6) is 2.57. The molecule has 0 fully saturated rings. The van der Waals surface area contributed by atoms with E-state index in [1.807, 2.05) is 24.3 Å². The first kappa shape index (κ1) is 18.3. The number of aromatic nitrogens is 5. The summed E-state index contributed by atoms with van der Waals surface area (Å²) >= 11 is 0. The highest BCUT2D eigenvalue weighted by atomic mass is 16.5. The van der Waals surface area contributed by atoms with Crippen molar-refractivity contribution in [2.75, 3.05) is 32.4 Å². The molecule has 2 aromatic carbocycles. The Morgan fingerprint density at radius 3 is 2.38 bits per heavy atom. The minimum atomic E-state index is 0.322. The van der Waals surface area contributed by atoms with E-state index < -0.39 is 0 Å². The molecule has 0 saturated carbocycles. The predicted molar refractivity (Wildman–Crippen MR) is 108 cm³/mol. The number of nitrogens with one attached hydrogen (secondary N) is 1. The van der Waals surface area contributed by atoms with Crippen molar-refractivity contribution < 1.29 is 14.2 Å². The molecule has 0 atom stereocenters. The molecule has 4 rings (SSSR count). The van der Waals surface area contributed by atoms with E-state index in [2.05, 4.69) is 25.4 Å². The maximum absolute atomic E-state index is 6.01. The number of ether oxygens (including phenoxy) is 3. The monoisotopic (exact) mass is 393 g/mol. The van der Waals surface area contributed by atoms with Gasteiger partial charge in [-0.15, -0.1) is 5.10 Å². The van der Waals surface area contributed by atoms with Gasteiger partial charge in [0.1, 0.15) is 6.33 Å². The van der Waals surface area contributed by atoms with Crippen LogP contribution in [0.15, 0.2) is 42.7 Å². The van der Waals surface area contributed by atoms with Crippen molar-refractivity contribution in [3.63, 3.8) is 0 Å². The van der Waals surface area contributed by atoms with E-state index in [9.17, 15) is 0 Å². The summed E-state index contributed by atoms with van der Waals surface area (Å²) in [5.41, 5.74) is 7.46. The summed E-state index contributed by atoms with van der Waals surface area (Å²) in [5, 5.41) is 8.29. The van der Waals surface area contributed by atoms with Crippen LogP contribution in [-0.2, 0) is 0 Å². The average Bonchev–Trinajstić information content (AvgIpc) is 3.10. The number of fused-ring (bicyclic) bond motifs is 1. The van der Waals surface area contributed by atoms with E-state index in [1.54, 1.807) is 38.1 Å². The maximum Gasteiger partial charge on any atom is 0.255 e. The van der Waals surface area contributed by atoms with Crippen LogP contribution in [0.3, 0.4) is 0 Å². The highest BCUT2D eigenvalue weighted by molar-refractivity contribution is 5.89. The largest absolute Gasteiger partial charge is 0.493 e. The summed E-state index contributed by atoms with van der Waals surface area (Å²) in [6.07, 6.45) is 1.40. The van der Waals surface area contributed by atoms with Gasteiger partial charge in [0.15, 0.2) is 17.3 Å². The van der Waals surface area contributed by atoms with Gasteiger partial charge in [0.05, 0.1) is 26.8 Å². The third-order valence-corrected chi connectivity index (χ3v) is 4.29. The lowest BCUT2D eigenvalue weighted by atomic mass is 10.2. The highest BCUT2D eigenvalue weighted by Gasteiger charge is 2.15. The van der Waals surface area contributed by atoms with Crippen molar-refractivity contribution in [1.29, 1.82) is 0 Å². The van der Waals surface area contributed by atoms with Gasteiger partial charge in [-0.3, -0.25) is 0 Å². The number of rotatable bonds is 6. The van der Waals surface area contributed by atoms with Gasteiger partial charge in [-0.25, -0.2) is 4.98 Å². The van der Waals surface area contributed by atoms with E-state index in [0.717, 1.165) is 10.9 Å². The van der Waals surface area contributed by atoms with Crippen molar-refractivity contribution in [3.8, 4) is 23.2 Å². The van der Waals surface area contributed by atoms with Gasteiger partial charge in [-0.1, -0.05) is 12.1 Å². The second kappa shape index (κ2) is 7.50. The van der Waals surface area contributed by atoms with E-state index in [-0.39, 0.29) is 0 Å². The molecule has 2 heterocycles. The first-order valence-electron chi connectivity index (χ1n) is 8.64. The molecule has 0 unspecified atom stereocenters. The molecular formula is C19H19N7O3. The molecule has 3 N–H and O–H groups in total. The third-order valence-electron chi connectivity index (χ3n) is 4.29. The first-order valence-corrected chi connectivity index (χ1v) is 8.64. The van der Waals surface area contributed by atoms with E-state index in [4.69, 9.17) is 19.9 Å². The predicted octanol–water partition coefficient (Wildman–Crippen LogP) is 2.56. The van der Waals surface area contributed by atoms with Crippen molar-refractivity contribution in [3.05, 3.63) is 42.7 Å². The molecule has 0 saturated heterocycles. The number of nitrogens with two attached hydrogens (primary N) is 1. The van der Waals surface area contributed by atoms with Gasteiger partial charge in [0.25, 0.3) is 5.95 Å². The van der Waals surface area contributed by atoms with Crippen molar-refractivity contribution in [2.45, 2.75) is 0 Å². The molecule has 0 aliphatic carbocycles. The summed E-state index contributed by atoms with van der Waals surface area (Å²) in [6, 6.07) is 11.1. The number of nitrogen functional groups attached to an aromatic ring is 1. The molecule has 10 heteroatoms. The van der Waals surface area contributed by atoms with Crippen LogP contribution in [0.25, 0.3) is 16.9 Å². The molecule has 0 aliphatic heterocycles. The Morgan fingerprint density at radius 1 is 0.966 bits per heavy atom. The quantitative estimate of drug-likeness (QED) is 0.509. The highest BCUT2D eigenvalue weighted by Crippen LogP contribution is 2.40. The van der Waals surface area contributed by atoms with Crippen LogP contribution < -0.4 is 25.3 Å². The van der Waals surface area contributed by atoms with Crippen LogP contribution in [-0.4, -0.2) is 46.1 Å². The second-order valence-corrected chi connectivity index (χ2v) is 5.96. The molecule has 10 nitrogen and oxygen atoms in total. The Bertz CT molecular complexity index is 1150. The fraction of sp³-hybridized carbons (Fsp3) is 0.158. The van der Waals surface area contributed by atoms with Crippen LogP contribution in [0.1, 0.15) is 0 Å².